The van der Waals surface area contributed by atoms with Gasteiger partial charge in [-0.25, -0.2) is 9.13 Å². The topological polar surface area (TPSA) is 237 Å². The van der Waals surface area contributed by atoms with E-state index in [4.69, 9.17) is 37.0 Å². The van der Waals surface area contributed by atoms with Crippen LogP contribution in [0.25, 0.3) is 0 Å². The second-order valence-electron chi connectivity index (χ2n) is 24.6. The first kappa shape index (κ1) is 85.1. The normalized spacial score (nSPS) is 14.1. The number of unbranched alkanes of at least 4 members (excludes halogenated alkanes) is 43. The van der Waals surface area contributed by atoms with Gasteiger partial charge in [-0.2, -0.15) is 0 Å². The third kappa shape index (κ3) is 62.6. The molecule has 0 spiro atoms. The highest BCUT2D eigenvalue weighted by molar-refractivity contribution is 7.47. The van der Waals surface area contributed by atoms with Gasteiger partial charge in [0.1, 0.15) is 19.3 Å². The number of carbonyl (C=O) groups is 4. The zero-order valence-electron chi connectivity index (χ0n) is 56.0. The summed E-state index contributed by atoms with van der Waals surface area (Å²) in [6, 6.07) is 0. The van der Waals surface area contributed by atoms with E-state index in [0.29, 0.717) is 25.7 Å². The van der Waals surface area contributed by atoms with Crippen molar-refractivity contribution in [2.45, 2.75) is 373 Å². The number of phosphoric acid groups is 2. The molecule has 17 nitrogen and oxygen atoms in total. The van der Waals surface area contributed by atoms with Gasteiger partial charge >= 0.3 is 39.5 Å². The van der Waals surface area contributed by atoms with E-state index in [9.17, 15) is 43.2 Å². The quantitative estimate of drug-likeness (QED) is 0.0222. The number of carbonyl (C=O) groups excluding carboxylic acids is 4. The van der Waals surface area contributed by atoms with Crippen molar-refractivity contribution in [3.05, 3.63) is 0 Å². The minimum Gasteiger partial charge on any atom is -0.462 e. The Hall–Kier alpha value is -1.94. The Balaban J connectivity index is 5.16. The average molecular weight is 1280 g/mol. The van der Waals surface area contributed by atoms with E-state index in [-0.39, 0.29) is 25.7 Å². The van der Waals surface area contributed by atoms with Crippen molar-refractivity contribution in [1.29, 1.82) is 0 Å². The lowest BCUT2D eigenvalue weighted by molar-refractivity contribution is -0.161. The Morgan fingerprint density at radius 3 is 0.678 bits per heavy atom. The summed E-state index contributed by atoms with van der Waals surface area (Å²) in [5.74, 6) is -2.13. The number of rotatable bonds is 69. The summed E-state index contributed by atoms with van der Waals surface area (Å²) in [5.41, 5.74) is 0. The smallest absolute Gasteiger partial charge is 0.462 e. The molecule has 0 saturated carbocycles. The number of phosphoric ester groups is 2. The fourth-order valence-corrected chi connectivity index (χ4v) is 11.9. The van der Waals surface area contributed by atoms with E-state index in [0.717, 1.165) is 103 Å². The van der Waals surface area contributed by atoms with Gasteiger partial charge in [0.2, 0.25) is 0 Å². The Morgan fingerprint density at radius 1 is 0.276 bits per heavy atom. The van der Waals surface area contributed by atoms with Gasteiger partial charge in [-0.15, -0.1) is 0 Å². The number of esters is 4. The molecule has 0 saturated heterocycles. The van der Waals surface area contributed by atoms with Gasteiger partial charge in [0.05, 0.1) is 26.4 Å². The van der Waals surface area contributed by atoms with Crippen LogP contribution in [0.15, 0.2) is 0 Å². The summed E-state index contributed by atoms with van der Waals surface area (Å²) in [6.07, 6.45) is 50.0. The molecule has 516 valence electrons. The van der Waals surface area contributed by atoms with Crippen LogP contribution in [0.3, 0.4) is 0 Å². The highest BCUT2D eigenvalue weighted by Crippen LogP contribution is 2.45. The van der Waals surface area contributed by atoms with E-state index in [1.807, 2.05) is 0 Å². The lowest BCUT2D eigenvalue weighted by atomic mass is 10.0. The molecule has 2 unspecified atom stereocenters. The average Bonchev–Trinajstić information content (AvgIpc) is 3.56. The van der Waals surface area contributed by atoms with Crippen molar-refractivity contribution in [1.82, 2.24) is 0 Å². The molecule has 19 heteroatoms. The first-order valence-corrected chi connectivity index (χ1v) is 38.8. The number of hydrogen-bond donors (Lipinski definition) is 3. The minimum absolute atomic E-state index is 0.107. The highest BCUT2D eigenvalue weighted by atomic mass is 31.2. The van der Waals surface area contributed by atoms with Gasteiger partial charge in [0.15, 0.2) is 12.2 Å². The van der Waals surface area contributed by atoms with E-state index in [1.165, 1.54) is 173 Å². The standard InChI is InChI=1S/C68H132O17P2/c1-5-9-13-17-21-24-27-29-31-33-35-38-41-45-49-53-66(71)79-59-64(85-67(72)54-50-46-42-37-26-23-19-15-11-7-3)61-83-87(76,77)81-57-62(69)56-80-86(74,75)82-60-63(58-78-65(70)52-48-44-40-20-16-12-8-4)84-68(73)55-51-47-43-39-36-34-32-30-28-25-22-18-14-10-6-2/h62-64,69H,5-61H2,1-4H3,(H,74,75)(H,76,77)/t62-,63-,64-/m1/s1. The number of ether oxygens (including phenoxy) is 4. The van der Waals surface area contributed by atoms with Crippen molar-refractivity contribution in [2.75, 3.05) is 39.6 Å². The second kappa shape index (κ2) is 62.8. The van der Waals surface area contributed by atoms with Gasteiger partial charge < -0.3 is 33.8 Å². The number of aliphatic hydroxyl groups is 1. The van der Waals surface area contributed by atoms with E-state index in [1.54, 1.807) is 0 Å². The Labute approximate surface area is 530 Å². The SMILES string of the molecule is CCCCCCCCCCCCCCCCCC(=O)OC[C@H](COP(=O)(O)OC[C@H](O)COP(=O)(O)OC[C@@H](COC(=O)CCCCCCCCC)OC(=O)CCCCCCCCCCCCCCCCC)OC(=O)CCCCCCCCCCCC. The molecule has 0 aromatic heterocycles. The van der Waals surface area contributed by atoms with Crippen LogP contribution in [0.2, 0.25) is 0 Å². The maximum Gasteiger partial charge on any atom is 0.472 e. The van der Waals surface area contributed by atoms with Gasteiger partial charge in [-0.3, -0.25) is 37.3 Å². The number of hydrogen-bond acceptors (Lipinski definition) is 15. The fourth-order valence-electron chi connectivity index (χ4n) is 10.3. The van der Waals surface area contributed by atoms with Crippen molar-refractivity contribution in [2.24, 2.45) is 0 Å². The van der Waals surface area contributed by atoms with Gasteiger partial charge in [-0.05, 0) is 25.7 Å². The summed E-state index contributed by atoms with van der Waals surface area (Å²) < 4.78 is 68.1. The molecule has 3 N–H and O–H groups in total. The Kier molecular flexibility index (Phi) is 61.4. The van der Waals surface area contributed by atoms with Gasteiger partial charge in [-0.1, -0.05) is 304 Å². The zero-order chi connectivity index (χ0) is 64.0. The molecule has 0 aromatic carbocycles. The van der Waals surface area contributed by atoms with Crippen molar-refractivity contribution >= 4 is 39.5 Å². The summed E-state index contributed by atoms with van der Waals surface area (Å²) in [4.78, 5) is 72.3. The van der Waals surface area contributed by atoms with Crippen LogP contribution < -0.4 is 0 Å². The van der Waals surface area contributed by atoms with Crippen molar-refractivity contribution in [3.63, 3.8) is 0 Å². The third-order valence-electron chi connectivity index (χ3n) is 15.9. The zero-order valence-corrected chi connectivity index (χ0v) is 57.8. The van der Waals surface area contributed by atoms with Crippen LogP contribution in [0, 0.1) is 0 Å². The molecule has 87 heavy (non-hydrogen) atoms. The maximum atomic E-state index is 13.0. The molecule has 0 aliphatic rings. The van der Waals surface area contributed by atoms with Crippen LogP contribution in [0.5, 0.6) is 0 Å². The molecule has 0 aromatic rings. The molecule has 0 heterocycles. The van der Waals surface area contributed by atoms with E-state index >= 15 is 0 Å². The van der Waals surface area contributed by atoms with Gasteiger partial charge in [0.25, 0.3) is 0 Å². The summed E-state index contributed by atoms with van der Waals surface area (Å²) in [6.45, 7) is 4.89. The van der Waals surface area contributed by atoms with Crippen LogP contribution >= 0.6 is 15.6 Å². The molecule has 0 amide bonds. The fraction of sp³-hybridized carbons (Fsp3) is 0.941. The number of aliphatic hydroxyl groups excluding tert-OH is 1. The summed E-state index contributed by atoms with van der Waals surface area (Å²) in [7, 11) is -9.89. The predicted octanol–water partition coefficient (Wildman–Crippen LogP) is 19.5. The van der Waals surface area contributed by atoms with Crippen molar-refractivity contribution < 1.29 is 80.2 Å². The molecular weight excluding hydrogens is 1150 g/mol. The lowest BCUT2D eigenvalue weighted by Gasteiger charge is -2.21. The van der Waals surface area contributed by atoms with E-state index in [2.05, 4.69) is 27.7 Å². The molecule has 0 bridgehead atoms. The van der Waals surface area contributed by atoms with E-state index < -0.39 is 97.5 Å². The first-order chi connectivity index (χ1) is 42.2. The molecule has 0 aliphatic heterocycles. The maximum absolute atomic E-state index is 13.0. The molecule has 0 aliphatic carbocycles. The van der Waals surface area contributed by atoms with Crippen LogP contribution in [-0.4, -0.2) is 96.7 Å². The predicted molar refractivity (Wildman–Crippen MR) is 349 cm³/mol. The first-order valence-electron chi connectivity index (χ1n) is 35.8. The Morgan fingerprint density at radius 2 is 0.460 bits per heavy atom. The molecule has 0 rings (SSSR count). The van der Waals surface area contributed by atoms with Gasteiger partial charge in [0, 0.05) is 25.7 Å². The van der Waals surface area contributed by atoms with Crippen LogP contribution in [0.4, 0.5) is 0 Å². The summed E-state index contributed by atoms with van der Waals surface area (Å²) >= 11 is 0. The van der Waals surface area contributed by atoms with Crippen LogP contribution in [0.1, 0.15) is 355 Å². The molecule has 5 atom stereocenters. The highest BCUT2D eigenvalue weighted by Gasteiger charge is 2.30. The second-order valence-corrected chi connectivity index (χ2v) is 27.5. The molecule has 0 fully saturated rings. The third-order valence-corrected chi connectivity index (χ3v) is 17.8. The monoisotopic (exact) mass is 1280 g/mol. The van der Waals surface area contributed by atoms with Crippen molar-refractivity contribution in [3.8, 4) is 0 Å². The van der Waals surface area contributed by atoms with Crippen LogP contribution in [-0.2, 0) is 65.4 Å². The largest absolute Gasteiger partial charge is 0.472 e. The molecular formula is C68H132O17P2. The molecule has 0 radical (unpaired) electrons. The lowest BCUT2D eigenvalue weighted by Crippen LogP contribution is -2.30. The minimum atomic E-state index is -4.94. The summed E-state index contributed by atoms with van der Waals surface area (Å²) in [5, 5.41) is 10.6. The Bertz CT molecular complexity index is 1670.